The SMILES string of the molecule is O=[N+]([O-])Cc1cccc2c1CCC2. The van der Waals surface area contributed by atoms with E-state index in [0.29, 0.717) is 0 Å². The summed E-state index contributed by atoms with van der Waals surface area (Å²) in [5, 5.41) is 10.4. The van der Waals surface area contributed by atoms with Crippen LogP contribution < -0.4 is 0 Å². The van der Waals surface area contributed by atoms with Gasteiger partial charge in [-0.2, -0.15) is 0 Å². The lowest BCUT2D eigenvalue weighted by atomic mass is 10.0. The average molecular weight is 177 g/mol. The maximum atomic E-state index is 10.4. The Morgan fingerprint density at radius 2 is 2.23 bits per heavy atom. The summed E-state index contributed by atoms with van der Waals surface area (Å²) in [5.41, 5.74) is 3.43. The molecule has 3 nitrogen and oxygen atoms in total. The summed E-state index contributed by atoms with van der Waals surface area (Å²) in [4.78, 5) is 10.1. The predicted octanol–water partition coefficient (Wildman–Crippen LogP) is 1.95. The van der Waals surface area contributed by atoms with Crippen molar-refractivity contribution in [1.29, 1.82) is 0 Å². The fourth-order valence-corrected chi connectivity index (χ4v) is 1.99. The van der Waals surface area contributed by atoms with Crippen molar-refractivity contribution in [3.05, 3.63) is 45.0 Å². The molecule has 0 heterocycles. The van der Waals surface area contributed by atoms with Crippen molar-refractivity contribution in [3.63, 3.8) is 0 Å². The quantitative estimate of drug-likeness (QED) is 0.512. The van der Waals surface area contributed by atoms with Gasteiger partial charge in [-0.25, -0.2) is 0 Å². The van der Waals surface area contributed by atoms with E-state index in [2.05, 4.69) is 6.07 Å². The highest BCUT2D eigenvalue weighted by atomic mass is 16.6. The number of fused-ring (bicyclic) bond motifs is 1. The molecule has 0 atom stereocenters. The van der Waals surface area contributed by atoms with E-state index in [4.69, 9.17) is 0 Å². The Bertz CT molecular complexity index is 347. The zero-order valence-corrected chi connectivity index (χ0v) is 7.32. The minimum Gasteiger partial charge on any atom is -0.264 e. The first-order valence-corrected chi connectivity index (χ1v) is 4.49. The summed E-state index contributed by atoms with van der Waals surface area (Å²) in [6, 6.07) is 5.86. The number of hydrogen-bond acceptors (Lipinski definition) is 2. The van der Waals surface area contributed by atoms with Gasteiger partial charge in [0.25, 0.3) is 0 Å². The van der Waals surface area contributed by atoms with E-state index in [-0.39, 0.29) is 11.5 Å². The van der Waals surface area contributed by atoms with E-state index in [0.717, 1.165) is 24.8 Å². The van der Waals surface area contributed by atoms with Crippen LogP contribution in [0.5, 0.6) is 0 Å². The van der Waals surface area contributed by atoms with Gasteiger partial charge in [0.1, 0.15) is 0 Å². The van der Waals surface area contributed by atoms with Gasteiger partial charge in [-0.15, -0.1) is 0 Å². The second-order valence-corrected chi connectivity index (χ2v) is 3.40. The van der Waals surface area contributed by atoms with E-state index >= 15 is 0 Å². The minimum atomic E-state index is -0.256. The molecule has 0 unspecified atom stereocenters. The number of nitrogens with zero attached hydrogens (tertiary/aromatic N) is 1. The topological polar surface area (TPSA) is 43.1 Å². The molecular formula is C10H11NO2. The summed E-state index contributed by atoms with van der Waals surface area (Å²) in [5.74, 6) is 0. The molecule has 1 aromatic rings. The summed E-state index contributed by atoms with van der Waals surface area (Å²) in [6.07, 6.45) is 3.24. The number of hydrogen-bond donors (Lipinski definition) is 0. The van der Waals surface area contributed by atoms with E-state index in [9.17, 15) is 10.1 Å². The Balaban J connectivity index is 2.36. The number of aryl methyl sites for hydroxylation is 1. The van der Waals surface area contributed by atoms with Gasteiger partial charge in [-0.3, -0.25) is 10.1 Å². The summed E-state index contributed by atoms with van der Waals surface area (Å²) in [7, 11) is 0. The Labute approximate surface area is 76.5 Å². The third-order valence-electron chi connectivity index (χ3n) is 2.54. The maximum absolute atomic E-state index is 10.4. The van der Waals surface area contributed by atoms with Crippen molar-refractivity contribution in [2.75, 3.05) is 0 Å². The molecule has 1 aliphatic carbocycles. The average Bonchev–Trinajstić information content (AvgIpc) is 2.51. The lowest BCUT2D eigenvalue weighted by molar-refractivity contribution is -0.496. The highest BCUT2D eigenvalue weighted by Crippen LogP contribution is 2.25. The Morgan fingerprint density at radius 3 is 3.00 bits per heavy atom. The van der Waals surface area contributed by atoms with Gasteiger partial charge >= 0.3 is 0 Å². The summed E-state index contributed by atoms with van der Waals surface area (Å²) >= 11 is 0. The molecule has 0 radical (unpaired) electrons. The van der Waals surface area contributed by atoms with E-state index < -0.39 is 0 Å². The third-order valence-corrected chi connectivity index (χ3v) is 2.54. The molecule has 13 heavy (non-hydrogen) atoms. The molecule has 0 fully saturated rings. The van der Waals surface area contributed by atoms with Gasteiger partial charge in [0, 0.05) is 10.5 Å². The van der Waals surface area contributed by atoms with Gasteiger partial charge in [-0.1, -0.05) is 18.2 Å². The second-order valence-electron chi connectivity index (χ2n) is 3.40. The first-order chi connectivity index (χ1) is 6.27. The monoisotopic (exact) mass is 177 g/mol. The molecule has 3 heteroatoms. The number of benzene rings is 1. The van der Waals surface area contributed by atoms with Crippen molar-refractivity contribution >= 4 is 0 Å². The van der Waals surface area contributed by atoms with E-state index in [1.165, 1.54) is 11.1 Å². The molecule has 0 spiro atoms. The largest absolute Gasteiger partial charge is 0.264 e. The summed E-state index contributed by atoms with van der Waals surface area (Å²) < 4.78 is 0. The van der Waals surface area contributed by atoms with Crippen LogP contribution >= 0.6 is 0 Å². The molecule has 0 aromatic heterocycles. The predicted molar refractivity (Wildman–Crippen MR) is 49.2 cm³/mol. The highest BCUT2D eigenvalue weighted by Gasteiger charge is 2.16. The van der Waals surface area contributed by atoms with Gasteiger partial charge in [0.05, 0.1) is 0 Å². The van der Waals surface area contributed by atoms with Crippen molar-refractivity contribution in [1.82, 2.24) is 0 Å². The van der Waals surface area contributed by atoms with Crippen LogP contribution in [0.15, 0.2) is 18.2 Å². The molecule has 0 amide bonds. The third kappa shape index (κ3) is 1.54. The number of rotatable bonds is 2. The van der Waals surface area contributed by atoms with Crippen molar-refractivity contribution in [2.45, 2.75) is 25.8 Å². The molecule has 0 bridgehead atoms. The van der Waals surface area contributed by atoms with Crippen molar-refractivity contribution < 1.29 is 4.92 Å². The van der Waals surface area contributed by atoms with Crippen LogP contribution in [0.25, 0.3) is 0 Å². The van der Waals surface area contributed by atoms with Gasteiger partial charge in [0.2, 0.25) is 6.54 Å². The van der Waals surface area contributed by atoms with Gasteiger partial charge in [-0.05, 0) is 30.4 Å². The molecular weight excluding hydrogens is 166 g/mol. The van der Waals surface area contributed by atoms with Gasteiger partial charge < -0.3 is 0 Å². The molecule has 0 saturated carbocycles. The standard InChI is InChI=1S/C10H11NO2/c12-11(13)7-9-5-1-3-8-4-2-6-10(8)9/h1,3,5H,2,4,6-7H2. The van der Waals surface area contributed by atoms with Crippen molar-refractivity contribution in [2.24, 2.45) is 0 Å². The fraction of sp³-hybridized carbons (Fsp3) is 0.400. The minimum absolute atomic E-state index is 0.0246. The van der Waals surface area contributed by atoms with Crippen LogP contribution in [0.3, 0.4) is 0 Å². The highest BCUT2D eigenvalue weighted by molar-refractivity contribution is 5.37. The second kappa shape index (κ2) is 3.17. The lowest BCUT2D eigenvalue weighted by Crippen LogP contribution is -2.01. The first kappa shape index (κ1) is 8.23. The van der Waals surface area contributed by atoms with E-state index in [1.807, 2.05) is 12.1 Å². The van der Waals surface area contributed by atoms with Crippen LogP contribution in [0, 0.1) is 10.1 Å². The smallest absolute Gasteiger partial charge is 0.229 e. The number of nitro groups is 1. The fourth-order valence-electron chi connectivity index (χ4n) is 1.99. The molecule has 0 aliphatic heterocycles. The zero-order chi connectivity index (χ0) is 9.26. The molecule has 1 aliphatic rings. The van der Waals surface area contributed by atoms with Crippen LogP contribution in [-0.4, -0.2) is 4.92 Å². The zero-order valence-electron chi connectivity index (χ0n) is 7.32. The Hall–Kier alpha value is -1.38. The van der Waals surface area contributed by atoms with Crippen molar-refractivity contribution in [3.8, 4) is 0 Å². The van der Waals surface area contributed by atoms with E-state index in [1.54, 1.807) is 0 Å². The van der Waals surface area contributed by atoms with Crippen LogP contribution in [-0.2, 0) is 19.4 Å². The Morgan fingerprint density at radius 1 is 1.38 bits per heavy atom. The molecule has 1 aromatic carbocycles. The van der Waals surface area contributed by atoms with Crippen LogP contribution in [0.2, 0.25) is 0 Å². The summed E-state index contributed by atoms with van der Waals surface area (Å²) in [6.45, 7) is -0.0246. The molecule has 0 saturated heterocycles. The maximum Gasteiger partial charge on any atom is 0.229 e. The normalized spacial score (nSPS) is 14.2. The van der Waals surface area contributed by atoms with Crippen LogP contribution in [0.1, 0.15) is 23.1 Å². The first-order valence-electron chi connectivity index (χ1n) is 4.49. The molecule has 68 valence electrons. The Kier molecular flexibility index (Phi) is 2.00. The lowest BCUT2D eigenvalue weighted by Gasteiger charge is -2.03. The van der Waals surface area contributed by atoms with Crippen LogP contribution in [0.4, 0.5) is 0 Å². The molecule has 0 N–H and O–H groups in total. The van der Waals surface area contributed by atoms with Gasteiger partial charge in [0.15, 0.2) is 0 Å². The molecule has 2 rings (SSSR count).